The lowest BCUT2D eigenvalue weighted by atomic mass is 10.0. The lowest BCUT2D eigenvalue weighted by Crippen LogP contribution is -2.45. The summed E-state index contributed by atoms with van der Waals surface area (Å²) in [4.78, 5) is 4.40. The molecule has 1 saturated heterocycles. The van der Waals surface area contributed by atoms with Crippen molar-refractivity contribution in [3.63, 3.8) is 0 Å². The summed E-state index contributed by atoms with van der Waals surface area (Å²) in [5.74, 6) is 0. The number of morpholine rings is 1. The maximum absolute atomic E-state index is 12.8. The average Bonchev–Trinajstić information content (AvgIpc) is 2.70. The molecule has 0 bridgehead atoms. The zero-order valence-corrected chi connectivity index (χ0v) is 17.4. The lowest BCUT2D eigenvalue weighted by Gasteiger charge is -2.35. The Morgan fingerprint density at radius 3 is 2.33 bits per heavy atom. The van der Waals surface area contributed by atoms with E-state index in [0.29, 0.717) is 19.8 Å². The molecule has 1 aliphatic heterocycles. The molecule has 1 aromatic rings. The van der Waals surface area contributed by atoms with Crippen LogP contribution < -0.4 is 9.62 Å². The van der Waals surface area contributed by atoms with Crippen LogP contribution in [0, 0.1) is 0 Å². The van der Waals surface area contributed by atoms with Gasteiger partial charge in [-0.25, -0.2) is 13.1 Å². The molecule has 27 heavy (non-hydrogen) atoms. The Hall–Kier alpha value is -1.15. The number of benzene rings is 1. The highest BCUT2D eigenvalue weighted by molar-refractivity contribution is 7.90. The topological polar surface area (TPSA) is 61.9 Å². The van der Waals surface area contributed by atoms with Crippen molar-refractivity contribution in [3.8, 4) is 0 Å². The van der Waals surface area contributed by atoms with E-state index >= 15 is 0 Å². The quantitative estimate of drug-likeness (QED) is 0.768. The fourth-order valence-corrected chi connectivity index (χ4v) is 5.61. The van der Waals surface area contributed by atoms with Crippen molar-refractivity contribution in [2.24, 2.45) is 0 Å². The van der Waals surface area contributed by atoms with Crippen molar-refractivity contribution in [2.75, 3.05) is 51.8 Å². The third kappa shape index (κ3) is 5.44. The van der Waals surface area contributed by atoms with Gasteiger partial charge in [0.25, 0.3) is 0 Å². The monoisotopic (exact) mass is 395 g/mol. The molecule has 1 unspecified atom stereocenters. The zero-order valence-electron chi connectivity index (χ0n) is 16.6. The number of ether oxygens (including phenoxy) is 1. The van der Waals surface area contributed by atoms with Gasteiger partial charge in [-0.15, -0.1) is 0 Å². The van der Waals surface area contributed by atoms with Gasteiger partial charge in [0.2, 0.25) is 10.0 Å². The molecule has 7 heteroatoms. The van der Waals surface area contributed by atoms with Crippen LogP contribution in [0.25, 0.3) is 0 Å². The first-order chi connectivity index (χ1) is 13.0. The van der Waals surface area contributed by atoms with Crippen molar-refractivity contribution >= 4 is 15.7 Å². The molecule has 2 aliphatic rings. The highest BCUT2D eigenvalue weighted by Gasteiger charge is 2.29. The van der Waals surface area contributed by atoms with E-state index in [9.17, 15) is 8.42 Å². The average molecular weight is 396 g/mol. The van der Waals surface area contributed by atoms with E-state index in [0.717, 1.165) is 56.4 Å². The van der Waals surface area contributed by atoms with E-state index in [1.165, 1.54) is 0 Å². The fraction of sp³-hybridized carbons (Fsp3) is 0.700. The second kappa shape index (κ2) is 9.37. The van der Waals surface area contributed by atoms with Crippen molar-refractivity contribution < 1.29 is 13.2 Å². The van der Waals surface area contributed by atoms with E-state index in [4.69, 9.17) is 4.74 Å². The van der Waals surface area contributed by atoms with Crippen LogP contribution in [-0.2, 0) is 14.8 Å². The van der Waals surface area contributed by atoms with E-state index in [2.05, 4.69) is 38.8 Å². The number of hydrogen-bond acceptors (Lipinski definition) is 5. The Morgan fingerprint density at radius 1 is 1.11 bits per heavy atom. The molecular formula is C20H33N3O3S. The van der Waals surface area contributed by atoms with Gasteiger partial charge in [-0.3, -0.25) is 4.90 Å². The Labute approximate surface area is 163 Å². The molecule has 1 aliphatic carbocycles. The number of anilines is 1. The minimum absolute atomic E-state index is 0.0310. The van der Waals surface area contributed by atoms with Crippen molar-refractivity contribution in [1.82, 2.24) is 9.62 Å². The van der Waals surface area contributed by atoms with Crippen molar-refractivity contribution in [2.45, 2.75) is 43.4 Å². The summed E-state index contributed by atoms with van der Waals surface area (Å²) in [5.41, 5.74) is 2.29. The molecule has 0 aromatic heterocycles. The molecule has 6 nitrogen and oxygen atoms in total. The molecule has 2 fully saturated rings. The summed E-state index contributed by atoms with van der Waals surface area (Å²) < 4.78 is 34.0. The van der Waals surface area contributed by atoms with E-state index in [-0.39, 0.29) is 11.3 Å². The number of nitrogens with zero attached hydrogens (tertiary/aromatic N) is 2. The highest BCUT2D eigenvalue weighted by atomic mass is 32.2. The number of rotatable bonds is 7. The van der Waals surface area contributed by atoms with Crippen molar-refractivity contribution in [3.05, 3.63) is 29.8 Å². The van der Waals surface area contributed by atoms with Gasteiger partial charge in [0.1, 0.15) is 0 Å². The molecule has 0 amide bonds. The van der Waals surface area contributed by atoms with Gasteiger partial charge in [0.15, 0.2) is 0 Å². The summed E-state index contributed by atoms with van der Waals surface area (Å²) in [5, 5.41) is -0.229. The third-order valence-electron chi connectivity index (χ3n) is 5.75. The molecule has 0 radical (unpaired) electrons. The van der Waals surface area contributed by atoms with Crippen molar-refractivity contribution in [1.29, 1.82) is 0 Å². The van der Waals surface area contributed by atoms with Crippen LogP contribution in [0.4, 0.5) is 5.69 Å². The van der Waals surface area contributed by atoms with E-state index in [1.807, 2.05) is 14.1 Å². The molecule has 152 valence electrons. The van der Waals surface area contributed by atoms with Gasteiger partial charge in [0, 0.05) is 45.5 Å². The van der Waals surface area contributed by atoms with Crippen LogP contribution in [0.5, 0.6) is 0 Å². The first kappa shape index (κ1) is 20.6. The standard InChI is InChI=1S/C20H33N3O3S/c1-22(2)18-10-8-17(9-11-18)20(23-12-14-26-15-13-23)16-21-27(24,25)19-6-4-3-5-7-19/h8-11,19-21H,3-7,12-16H2,1-2H3. The number of nitrogens with one attached hydrogen (secondary N) is 1. The summed E-state index contributed by atoms with van der Waals surface area (Å²) in [7, 11) is 0.778. The van der Waals surface area contributed by atoms with E-state index < -0.39 is 10.0 Å². The van der Waals surface area contributed by atoms with Gasteiger partial charge in [-0.1, -0.05) is 31.4 Å². The molecule has 3 rings (SSSR count). The lowest BCUT2D eigenvalue weighted by molar-refractivity contribution is 0.0172. The summed E-state index contributed by atoms with van der Waals surface area (Å²) in [6.07, 6.45) is 4.76. The SMILES string of the molecule is CN(C)c1ccc(C(CNS(=O)(=O)C2CCCCC2)N2CCOCC2)cc1. The Kier molecular flexibility index (Phi) is 7.14. The normalized spacial score (nSPS) is 21.1. The minimum Gasteiger partial charge on any atom is -0.379 e. The van der Waals surface area contributed by atoms with Gasteiger partial charge in [0.05, 0.1) is 18.5 Å². The van der Waals surface area contributed by atoms with Crippen LogP contribution >= 0.6 is 0 Å². The fourth-order valence-electron chi connectivity index (χ4n) is 4.03. The maximum atomic E-state index is 12.8. The molecule has 1 saturated carbocycles. The van der Waals surface area contributed by atoms with Crippen LogP contribution in [0.2, 0.25) is 0 Å². The van der Waals surface area contributed by atoms with Gasteiger partial charge < -0.3 is 9.64 Å². The molecule has 1 heterocycles. The maximum Gasteiger partial charge on any atom is 0.214 e. The second-order valence-electron chi connectivity index (χ2n) is 7.80. The van der Waals surface area contributed by atoms with Crippen LogP contribution in [0.15, 0.2) is 24.3 Å². The highest BCUT2D eigenvalue weighted by Crippen LogP contribution is 2.26. The minimum atomic E-state index is -3.26. The summed E-state index contributed by atoms with van der Waals surface area (Å²) >= 11 is 0. The number of sulfonamides is 1. The molecule has 1 N–H and O–H groups in total. The predicted octanol–water partition coefficient (Wildman–Crippen LogP) is 2.38. The Balaban J connectivity index is 1.73. The third-order valence-corrected chi connectivity index (χ3v) is 7.67. The van der Waals surface area contributed by atoms with Gasteiger partial charge in [-0.2, -0.15) is 0 Å². The second-order valence-corrected chi connectivity index (χ2v) is 9.85. The Morgan fingerprint density at radius 2 is 1.74 bits per heavy atom. The zero-order chi connectivity index (χ0) is 19.3. The molecular weight excluding hydrogens is 362 g/mol. The number of hydrogen-bond donors (Lipinski definition) is 1. The molecule has 0 spiro atoms. The van der Waals surface area contributed by atoms with Gasteiger partial charge >= 0.3 is 0 Å². The van der Waals surface area contributed by atoms with Crippen LogP contribution in [-0.4, -0.2) is 65.5 Å². The van der Waals surface area contributed by atoms with Crippen LogP contribution in [0.3, 0.4) is 0 Å². The summed E-state index contributed by atoms with van der Waals surface area (Å²) in [6.45, 7) is 3.46. The Bertz CT molecular complexity index is 679. The molecule has 1 atom stereocenters. The van der Waals surface area contributed by atoms with Gasteiger partial charge in [-0.05, 0) is 30.5 Å². The predicted molar refractivity (Wildman–Crippen MR) is 110 cm³/mol. The summed E-state index contributed by atoms with van der Waals surface area (Å²) in [6, 6.07) is 8.45. The molecule has 1 aromatic carbocycles. The van der Waals surface area contributed by atoms with E-state index in [1.54, 1.807) is 0 Å². The first-order valence-electron chi connectivity index (χ1n) is 10.0. The largest absolute Gasteiger partial charge is 0.379 e. The van der Waals surface area contributed by atoms with Crippen LogP contribution in [0.1, 0.15) is 43.7 Å². The first-order valence-corrected chi connectivity index (χ1v) is 11.6. The smallest absolute Gasteiger partial charge is 0.214 e.